The van der Waals surface area contributed by atoms with Crippen LogP contribution in [0, 0.1) is 5.92 Å². The highest BCUT2D eigenvalue weighted by Gasteiger charge is 2.37. The molecule has 3 rings (SSSR count). The lowest BCUT2D eigenvalue weighted by molar-refractivity contribution is 0.0280. The molecule has 1 saturated carbocycles. The molecule has 23 heavy (non-hydrogen) atoms. The lowest BCUT2D eigenvalue weighted by Crippen LogP contribution is -2.41. The van der Waals surface area contributed by atoms with Crippen LogP contribution in [0.3, 0.4) is 0 Å². The molecule has 0 amide bonds. The number of benzene rings is 1. The van der Waals surface area contributed by atoms with Crippen molar-refractivity contribution >= 4 is 21.6 Å². The van der Waals surface area contributed by atoms with Crippen molar-refractivity contribution in [2.75, 3.05) is 0 Å². The Bertz CT molecular complexity index is 800. The van der Waals surface area contributed by atoms with Gasteiger partial charge in [-0.05, 0) is 37.0 Å². The quantitative estimate of drug-likeness (QED) is 0.857. The van der Waals surface area contributed by atoms with E-state index < -0.39 is 16.1 Å². The van der Waals surface area contributed by atoms with Crippen LogP contribution in [0.25, 0.3) is 0 Å². The van der Waals surface area contributed by atoms with E-state index in [1.54, 1.807) is 36.3 Å². The molecule has 2 aromatic rings. The summed E-state index contributed by atoms with van der Waals surface area (Å²) in [6.45, 7) is 0. The second kappa shape index (κ2) is 6.24. The minimum atomic E-state index is -3.71. The number of aryl methyl sites for hydroxylation is 1. The monoisotopic (exact) mass is 355 g/mol. The molecule has 0 radical (unpaired) electrons. The predicted molar refractivity (Wildman–Crippen MR) is 86.5 cm³/mol. The highest BCUT2D eigenvalue weighted by molar-refractivity contribution is 7.89. The molecule has 1 unspecified atom stereocenters. The van der Waals surface area contributed by atoms with Gasteiger partial charge in [0, 0.05) is 23.8 Å². The molecule has 0 saturated heterocycles. The Morgan fingerprint density at radius 1 is 1.43 bits per heavy atom. The van der Waals surface area contributed by atoms with Gasteiger partial charge in [-0.15, -0.1) is 0 Å². The van der Waals surface area contributed by atoms with Crippen LogP contribution >= 0.6 is 11.6 Å². The van der Waals surface area contributed by atoms with Crippen molar-refractivity contribution in [3.8, 4) is 0 Å². The van der Waals surface area contributed by atoms with Crippen LogP contribution < -0.4 is 4.72 Å². The third-order valence-corrected chi connectivity index (χ3v) is 5.77. The normalized spacial score (nSPS) is 22.6. The minimum absolute atomic E-state index is 0.0446. The van der Waals surface area contributed by atoms with Gasteiger partial charge in [0.1, 0.15) is 0 Å². The zero-order valence-electron chi connectivity index (χ0n) is 12.6. The van der Waals surface area contributed by atoms with Crippen molar-refractivity contribution in [3.05, 3.63) is 47.2 Å². The SMILES string of the molecule is Cn1cc(C(NS(=O)(=O)c2cccc(Cl)c2)C2CC(O)C2)cn1. The number of rotatable bonds is 5. The average Bonchev–Trinajstić information content (AvgIpc) is 2.88. The Labute approximate surface area is 140 Å². The first-order valence-corrected chi connectivity index (χ1v) is 9.16. The highest BCUT2D eigenvalue weighted by Crippen LogP contribution is 2.38. The van der Waals surface area contributed by atoms with Crippen molar-refractivity contribution in [2.24, 2.45) is 13.0 Å². The van der Waals surface area contributed by atoms with Crippen molar-refractivity contribution < 1.29 is 13.5 Å². The number of hydrogen-bond acceptors (Lipinski definition) is 4. The van der Waals surface area contributed by atoms with E-state index in [2.05, 4.69) is 9.82 Å². The Morgan fingerprint density at radius 2 is 2.17 bits per heavy atom. The second-order valence-electron chi connectivity index (χ2n) is 5.89. The fourth-order valence-corrected chi connectivity index (χ4v) is 4.40. The maximum atomic E-state index is 12.6. The van der Waals surface area contributed by atoms with E-state index in [9.17, 15) is 13.5 Å². The molecule has 2 N–H and O–H groups in total. The fraction of sp³-hybridized carbons (Fsp3) is 0.400. The molecule has 6 nitrogen and oxygen atoms in total. The molecule has 1 atom stereocenters. The van der Waals surface area contributed by atoms with Gasteiger partial charge in [0.25, 0.3) is 0 Å². The number of nitrogens with one attached hydrogen (secondary N) is 1. The zero-order valence-corrected chi connectivity index (χ0v) is 14.1. The number of halogens is 1. The van der Waals surface area contributed by atoms with Gasteiger partial charge in [0.2, 0.25) is 10.0 Å². The van der Waals surface area contributed by atoms with Crippen molar-refractivity contribution in [1.82, 2.24) is 14.5 Å². The summed E-state index contributed by atoms with van der Waals surface area (Å²) in [7, 11) is -1.93. The molecular weight excluding hydrogens is 338 g/mol. The first-order chi connectivity index (χ1) is 10.8. The molecule has 1 fully saturated rings. The van der Waals surface area contributed by atoms with Gasteiger partial charge >= 0.3 is 0 Å². The summed E-state index contributed by atoms with van der Waals surface area (Å²) >= 11 is 5.89. The van der Waals surface area contributed by atoms with E-state index in [1.165, 1.54) is 12.1 Å². The van der Waals surface area contributed by atoms with Crippen LogP contribution in [0.5, 0.6) is 0 Å². The lowest BCUT2D eigenvalue weighted by atomic mass is 9.76. The van der Waals surface area contributed by atoms with Crippen LogP contribution in [0.15, 0.2) is 41.6 Å². The summed E-state index contributed by atoms with van der Waals surface area (Å²) in [6, 6.07) is 5.73. The molecule has 1 heterocycles. The third kappa shape index (κ3) is 3.58. The number of hydrogen-bond donors (Lipinski definition) is 2. The Morgan fingerprint density at radius 3 is 2.74 bits per heavy atom. The standard InChI is InChI=1S/C15H18ClN3O3S/c1-19-9-11(8-17-19)15(10-5-13(20)6-10)18-23(21,22)14-4-2-3-12(16)7-14/h2-4,7-10,13,15,18,20H,5-6H2,1H3. The first-order valence-electron chi connectivity index (χ1n) is 7.29. The molecule has 0 bridgehead atoms. The summed E-state index contributed by atoms with van der Waals surface area (Å²) in [5, 5.41) is 14.0. The fourth-order valence-electron chi connectivity index (χ4n) is 2.81. The summed E-state index contributed by atoms with van der Waals surface area (Å²) in [5.74, 6) is 0.0446. The van der Waals surface area contributed by atoms with Crippen LogP contribution in [0.4, 0.5) is 0 Å². The van der Waals surface area contributed by atoms with Crippen LogP contribution in [-0.2, 0) is 17.1 Å². The lowest BCUT2D eigenvalue weighted by Gasteiger charge is -2.37. The Hall–Kier alpha value is -1.41. The van der Waals surface area contributed by atoms with Gasteiger partial charge in [-0.3, -0.25) is 4.68 Å². The van der Waals surface area contributed by atoms with E-state index in [4.69, 9.17) is 11.6 Å². The first kappa shape index (κ1) is 16.4. The number of aromatic nitrogens is 2. The molecule has 0 aliphatic heterocycles. The summed E-state index contributed by atoms with van der Waals surface area (Å²) in [6.07, 6.45) is 4.20. The molecule has 8 heteroatoms. The van der Waals surface area contributed by atoms with Gasteiger partial charge in [0.05, 0.1) is 23.2 Å². The van der Waals surface area contributed by atoms with Crippen LogP contribution in [0.2, 0.25) is 5.02 Å². The van der Waals surface area contributed by atoms with Crippen LogP contribution in [0.1, 0.15) is 24.4 Å². The largest absolute Gasteiger partial charge is 0.393 e. The average molecular weight is 356 g/mol. The highest BCUT2D eigenvalue weighted by atomic mass is 35.5. The van der Waals surface area contributed by atoms with Gasteiger partial charge in [0.15, 0.2) is 0 Å². The number of aliphatic hydroxyl groups is 1. The minimum Gasteiger partial charge on any atom is -0.393 e. The number of sulfonamides is 1. The van der Waals surface area contributed by atoms with Gasteiger partial charge in [-0.25, -0.2) is 13.1 Å². The molecule has 1 aromatic heterocycles. The molecule has 124 valence electrons. The van der Waals surface area contributed by atoms with Crippen molar-refractivity contribution in [3.63, 3.8) is 0 Å². The molecular formula is C15H18ClN3O3S. The Kier molecular flexibility index (Phi) is 4.46. The van der Waals surface area contributed by atoms with Gasteiger partial charge in [-0.2, -0.15) is 5.10 Å². The summed E-state index contributed by atoms with van der Waals surface area (Å²) < 4.78 is 29.7. The molecule has 0 spiro atoms. The zero-order chi connectivity index (χ0) is 16.6. The summed E-state index contributed by atoms with van der Waals surface area (Å²) in [4.78, 5) is 0.124. The van der Waals surface area contributed by atoms with E-state index >= 15 is 0 Å². The molecule has 1 aliphatic carbocycles. The number of nitrogens with zero attached hydrogens (tertiary/aromatic N) is 2. The maximum Gasteiger partial charge on any atom is 0.241 e. The molecule has 1 aliphatic rings. The maximum absolute atomic E-state index is 12.6. The Balaban J connectivity index is 1.89. The molecule has 1 aromatic carbocycles. The summed E-state index contributed by atoms with van der Waals surface area (Å²) in [5.41, 5.74) is 0.787. The smallest absolute Gasteiger partial charge is 0.241 e. The van der Waals surface area contributed by atoms with E-state index in [1.807, 2.05) is 0 Å². The predicted octanol–water partition coefficient (Wildman–Crippen LogP) is 1.86. The van der Waals surface area contributed by atoms with Gasteiger partial charge in [-0.1, -0.05) is 17.7 Å². The second-order valence-corrected chi connectivity index (χ2v) is 8.04. The van der Waals surface area contributed by atoms with E-state index in [-0.39, 0.29) is 16.9 Å². The van der Waals surface area contributed by atoms with Crippen LogP contribution in [-0.4, -0.2) is 29.4 Å². The van der Waals surface area contributed by atoms with Gasteiger partial charge < -0.3 is 5.11 Å². The third-order valence-electron chi connectivity index (χ3n) is 4.09. The van der Waals surface area contributed by atoms with E-state index in [0.717, 1.165) is 5.56 Å². The van der Waals surface area contributed by atoms with Crippen molar-refractivity contribution in [2.45, 2.75) is 29.9 Å². The van der Waals surface area contributed by atoms with Crippen molar-refractivity contribution in [1.29, 1.82) is 0 Å². The van der Waals surface area contributed by atoms with E-state index in [0.29, 0.717) is 17.9 Å². The number of aliphatic hydroxyl groups excluding tert-OH is 1. The topological polar surface area (TPSA) is 84.2 Å².